The molecule has 26 heavy (non-hydrogen) atoms. The molecule has 1 N–H and O–H groups in total. The number of Topliss-reactive ketones (excluding diaryl/α,β-unsaturated/α-hetero) is 1. The first-order chi connectivity index (χ1) is 12.6. The molecule has 0 spiro atoms. The van der Waals surface area contributed by atoms with Gasteiger partial charge in [0.15, 0.2) is 5.78 Å². The highest BCUT2D eigenvalue weighted by atomic mass is 16.5. The number of rotatable bonds is 4. The van der Waals surface area contributed by atoms with Crippen molar-refractivity contribution in [2.24, 2.45) is 0 Å². The van der Waals surface area contributed by atoms with Crippen LogP contribution in [0.5, 0.6) is 5.75 Å². The molecular formula is C22H21NO3. The fraction of sp³-hybridized carbons (Fsp3) is 0.227. The van der Waals surface area contributed by atoms with Gasteiger partial charge in [-0.3, -0.25) is 4.79 Å². The molecule has 4 nitrogen and oxygen atoms in total. The Balaban J connectivity index is 1.65. The summed E-state index contributed by atoms with van der Waals surface area (Å²) in [5.74, 6) is 0.809. The van der Waals surface area contributed by atoms with Gasteiger partial charge in [-0.05, 0) is 47.7 Å². The standard InChI is InChI=1S/C22H21NO3/c1-14-21(24)12-19(22(14)25)17-6-5-16-9-10-23(20(16)11-17)13-15-3-7-18(26-2)8-4-15/h3-11,19,24H,12-13H2,1-2H3. The van der Waals surface area contributed by atoms with Crippen molar-refractivity contribution in [3.05, 3.63) is 77.2 Å². The predicted molar refractivity (Wildman–Crippen MR) is 102 cm³/mol. The molecule has 1 aromatic heterocycles. The van der Waals surface area contributed by atoms with E-state index in [2.05, 4.69) is 35.0 Å². The molecular weight excluding hydrogens is 326 g/mol. The maximum atomic E-state index is 12.4. The summed E-state index contributed by atoms with van der Waals surface area (Å²) < 4.78 is 7.39. The third-order valence-corrected chi connectivity index (χ3v) is 5.23. The number of hydrogen-bond acceptors (Lipinski definition) is 3. The van der Waals surface area contributed by atoms with Crippen LogP contribution in [0.4, 0.5) is 0 Å². The average Bonchev–Trinajstić information content (AvgIpc) is 3.18. The monoisotopic (exact) mass is 347 g/mol. The van der Waals surface area contributed by atoms with Crippen LogP contribution in [0, 0.1) is 0 Å². The normalized spacial score (nSPS) is 17.3. The topological polar surface area (TPSA) is 51.5 Å². The number of aromatic nitrogens is 1. The van der Waals surface area contributed by atoms with Crippen molar-refractivity contribution in [3.63, 3.8) is 0 Å². The molecule has 3 aromatic rings. The molecule has 1 aliphatic carbocycles. The van der Waals surface area contributed by atoms with E-state index < -0.39 is 0 Å². The Morgan fingerprint density at radius 2 is 1.92 bits per heavy atom. The second kappa shape index (κ2) is 6.37. The summed E-state index contributed by atoms with van der Waals surface area (Å²) >= 11 is 0. The van der Waals surface area contributed by atoms with Gasteiger partial charge in [-0.15, -0.1) is 0 Å². The van der Waals surface area contributed by atoms with E-state index in [1.54, 1.807) is 14.0 Å². The van der Waals surface area contributed by atoms with Crippen molar-refractivity contribution in [2.75, 3.05) is 7.11 Å². The number of benzene rings is 2. The van der Waals surface area contributed by atoms with Crippen LogP contribution < -0.4 is 4.74 Å². The Morgan fingerprint density at radius 3 is 2.58 bits per heavy atom. The molecule has 1 atom stereocenters. The Morgan fingerprint density at radius 1 is 1.15 bits per heavy atom. The highest BCUT2D eigenvalue weighted by Crippen LogP contribution is 2.35. The van der Waals surface area contributed by atoms with E-state index >= 15 is 0 Å². The van der Waals surface area contributed by atoms with E-state index in [9.17, 15) is 9.90 Å². The summed E-state index contributed by atoms with van der Waals surface area (Å²) in [4.78, 5) is 12.4. The molecule has 0 bridgehead atoms. The fourth-order valence-electron chi connectivity index (χ4n) is 3.60. The van der Waals surface area contributed by atoms with Crippen LogP contribution in [0.2, 0.25) is 0 Å². The minimum Gasteiger partial charge on any atom is -0.512 e. The maximum absolute atomic E-state index is 12.4. The number of ketones is 1. The Hall–Kier alpha value is -3.01. The second-order valence-corrected chi connectivity index (χ2v) is 6.80. The summed E-state index contributed by atoms with van der Waals surface area (Å²) in [6, 6.07) is 16.2. The van der Waals surface area contributed by atoms with Crippen LogP contribution in [-0.2, 0) is 11.3 Å². The van der Waals surface area contributed by atoms with E-state index in [1.807, 2.05) is 24.3 Å². The fourth-order valence-corrected chi connectivity index (χ4v) is 3.60. The summed E-state index contributed by atoms with van der Waals surface area (Å²) in [6.45, 7) is 2.45. The molecule has 1 aliphatic rings. The van der Waals surface area contributed by atoms with Crippen molar-refractivity contribution in [1.82, 2.24) is 4.57 Å². The summed E-state index contributed by atoms with van der Waals surface area (Å²) in [6.07, 6.45) is 2.46. The minimum absolute atomic E-state index is 0.0233. The first-order valence-electron chi connectivity index (χ1n) is 8.71. The largest absolute Gasteiger partial charge is 0.512 e. The van der Waals surface area contributed by atoms with Gasteiger partial charge in [0.2, 0.25) is 0 Å². The van der Waals surface area contributed by atoms with Gasteiger partial charge in [0.25, 0.3) is 0 Å². The Bertz CT molecular complexity index is 1010. The third-order valence-electron chi connectivity index (χ3n) is 5.23. The van der Waals surface area contributed by atoms with E-state index in [4.69, 9.17) is 4.74 Å². The maximum Gasteiger partial charge on any atom is 0.169 e. The molecule has 132 valence electrons. The molecule has 0 saturated heterocycles. The zero-order valence-electron chi connectivity index (χ0n) is 14.9. The van der Waals surface area contributed by atoms with Crippen LogP contribution in [0.1, 0.15) is 30.4 Å². The summed E-state index contributed by atoms with van der Waals surface area (Å²) in [7, 11) is 1.66. The first-order valence-corrected chi connectivity index (χ1v) is 8.71. The SMILES string of the molecule is COc1ccc(Cn2ccc3ccc(C4CC(O)=C(C)C4=O)cc32)cc1. The lowest BCUT2D eigenvalue weighted by Gasteiger charge is -2.11. The summed E-state index contributed by atoms with van der Waals surface area (Å²) in [5, 5.41) is 11.0. The lowest BCUT2D eigenvalue weighted by Crippen LogP contribution is -2.07. The van der Waals surface area contributed by atoms with Gasteiger partial charge < -0.3 is 14.4 Å². The molecule has 1 unspecified atom stereocenters. The number of carbonyl (C=O) groups is 1. The Kier molecular flexibility index (Phi) is 4.03. The van der Waals surface area contributed by atoms with Crippen molar-refractivity contribution in [1.29, 1.82) is 0 Å². The number of fused-ring (bicyclic) bond motifs is 1. The lowest BCUT2D eigenvalue weighted by atomic mass is 9.94. The number of allylic oxidation sites excluding steroid dienone is 2. The number of ether oxygens (including phenoxy) is 1. The van der Waals surface area contributed by atoms with Crippen LogP contribution in [0.3, 0.4) is 0 Å². The highest BCUT2D eigenvalue weighted by molar-refractivity contribution is 6.03. The number of aliphatic hydroxyl groups excluding tert-OH is 1. The first kappa shape index (κ1) is 16.5. The van der Waals surface area contributed by atoms with Gasteiger partial charge in [-0.25, -0.2) is 0 Å². The molecule has 0 amide bonds. The van der Waals surface area contributed by atoms with E-state index in [0.717, 1.165) is 28.8 Å². The smallest absolute Gasteiger partial charge is 0.169 e. The van der Waals surface area contributed by atoms with E-state index in [1.165, 1.54) is 5.56 Å². The van der Waals surface area contributed by atoms with E-state index in [0.29, 0.717) is 12.0 Å². The lowest BCUT2D eigenvalue weighted by molar-refractivity contribution is -0.116. The zero-order chi connectivity index (χ0) is 18.3. The van der Waals surface area contributed by atoms with E-state index in [-0.39, 0.29) is 17.5 Å². The third kappa shape index (κ3) is 2.77. The van der Waals surface area contributed by atoms with Crippen LogP contribution >= 0.6 is 0 Å². The number of nitrogens with zero attached hydrogens (tertiary/aromatic N) is 1. The van der Waals surface area contributed by atoms with Crippen molar-refractivity contribution >= 4 is 16.7 Å². The van der Waals surface area contributed by atoms with Gasteiger partial charge >= 0.3 is 0 Å². The molecule has 0 aliphatic heterocycles. The van der Waals surface area contributed by atoms with Crippen LogP contribution in [0.25, 0.3) is 10.9 Å². The van der Waals surface area contributed by atoms with Gasteiger partial charge in [-0.1, -0.05) is 24.3 Å². The molecule has 0 fully saturated rings. The van der Waals surface area contributed by atoms with Crippen molar-refractivity contribution < 1.29 is 14.6 Å². The van der Waals surface area contributed by atoms with Gasteiger partial charge in [0, 0.05) is 30.3 Å². The van der Waals surface area contributed by atoms with Crippen molar-refractivity contribution in [2.45, 2.75) is 25.8 Å². The Labute approximate surface area is 152 Å². The quantitative estimate of drug-likeness (QED) is 0.751. The minimum atomic E-state index is -0.274. The average molecular weight is 347 g/mol. The molecule has 4 rings (SSSR count). The van der Waals surface area contributed by atoms with Crippen molar-refractivity contribution in [3.8, 4) is 5.75 Å². The van der Waals surface area contributed by atoms with Gasteiger partial charge in [0.1, 0.15) is 5.75 Å². The number of hydrogen-bond donors (Lipinski definition) is 1. The van der Waals surface area contributed by atoms with Gasteiger partial charge in [-0.2, -0.15) is 0 Å². The van der Waals surface area contributed by atoms with Gasteiger partial charge in [0.05, 0.1) is 18.8 Å². The molecule has 2 aromatic carbocycles. The highest BCUT2D eigenvalue weighted by Gasteiger charge is 2.31. The zero-order valence-corrected chi connectivity index (χ0v) is 14.9. The van der Waals surface area contributed by atoms with Crippen LogP contribution in [-0.4, -0.2) is 22.6 Å². The second-order valence-electron chi connectivity index (χ2n) is 6.80. The van der Waals surface area contributed by atoms with Crippen LogP contribution in [0.15, 0.2) is 66.1 Å². The summed E-state index contributed by atoms with van der Waals surface area (Å²) in [5.41, 5.74) is 3.72. The predicted octanol–water partition coefficient (Wildman–Crippen LogP) is 4.59. The molecule has 1 heterocycles. The number of carbonyl (C=O) groups excluding carboxylic acids is 1. The number of methoxy groups -OCH3 is 1. The molecule has 4 heteroatoms. The number of aliphatic hydroxyl groups is 1. The molecule has 0 saturated carbocycles. The molecule has 0 radical (unpaired) electrons.